The first-order valence-corrected chi connectivity index (χ1v) is 5.19. The van der Waals surface area contributed by atoms with Crippen LogP contribution in [0.1, 0.15) is 17.3 Å². The van der Waals surface area contributed by atoms with Crippen LogP contribution in [0.5, 0.6) is 5.75 Å². The Hall–Kier alpha value is -2.31. The van der Waals surface area contributed by atoms with E-state index in [1.54, 1.807) is 6.92 Å². The van der Waals surface area contributed by atoms with Crippen molar-refractivity contribution in [3.8, 4) is 5.75 Å². The van der Waals surface area contributed by atoms with Crippen molar-refractivity contribution in [3.05, 3.63) is 29.6 Å². The molecule has 0 spiro atoms. The molecular formula is C11H14FN3O3. The van der Waals surface area contributed by atoms with E-state index < -0.39 is 11.7 Å². The number of amidine groups is 1. The lowest BCUT2D eigenvalue weighted by Gasteiger charge is -2.11. The first-order chi connectivity index (χ1) is 8.45. The fourth-order valence-corrected chi connectivity index (χ4v) is 1.23. The van der Waals surface area contributed by atoms with E-state index >= 15 is 0 Å². The summed E-state index contributed by atoms with van der Waals surface area (Å²) < 4.78 is 12.9. The van der Waals surface area contributed by atoms with Crippen LogP contribution in [0.2, 0.25) is 0 Å². The van der Waals surface area contributed by atoms with Crippen LogP contribution in [0.25, 0.3) is 0 Å². The molecule has 0 aliphatic rings. The second-order valence-corrected chi connectivity index (χ2v) is 3.80. The SMILES string of the molecule is CC(CNC(=O)c1cc(F)ccc1O)/C(N)=N/O. The van der Waals surface area contributed by atoms with Gasteiger partial charge >= 0.3 is 0 Å². The van der Waals surface area contributed by atoms with Gasteiger partial charge in [0, 0.05) is 12.5 Å². The van der Waals surface area contributed by atoms with Gasteiger partial charge in [-0.1, -0.05) is 12.1 Å². The Balaban J connectivity index is 2.69. The zero-order valence-electron chi connectivity index (χ0n) is 9.72. The van der Waals surface area contributed by atoms with Crippen molar-refractivity contribution in [1.29, 1.82) is 0 Å². The first kappa shape index (κ1) is 13.8. The van der Waals surface area contributed by atoms with Gasteiger partial charge in [0.05, 0.1) is 5.56 Å². The van der Waals surface area contributed by atoms with Gasteiger partial charge in [0.15, 0.2) is 0 Å². The topological polar surface area (TPSA) is 108 Å². The minimum absolute atomic E-state index is 0.0289. The van der Waals surface area contributed by atoms with Gasteiger partial charge in [-0.3, -0.25) is 4.79 Å². The van der Waals surface area contributed by atoms with Gasteiger partial charge in [-0.15, -0.1) is 0 Å². The molecule has 1 atom stereocenters. The molecule has 0 aliphatic heterocycles. The molecule has 98 valence electrons. The Kier molecular flexibility index (Phi) is 4.47. The van der Waals surface area contributed by atoms with E-state index in [1.807, 2.05) is 0 Å². The van der Waals surface area contributed by atoms with Gasteiger partial charge in [0.1, 0.15) is 17.4 Å². The molecule has 1 unspecified atom stereocenters. The molecule has 1 aromatic carbocycles. The Morgan fingerprint density at radius 1 is 1.61 bits per heavy atom. The van der Waals surface area contributed by atoms with Gasteiger partial charge in [0.2, 0.25) is 0 Å². The van der Waals surface area contributed by atoms with E-state index in [2.05, 4.69) is 10.5 Å². The summed E-state index contributed by atoms with van der Waals surface area (Å²) in [6, 6.07) is 3.07. The number of nitrogens with zero attached hydrogens (tertiary/aromatic N) is 1. The van der Waals surface area contributed by atoms with Crippen LogP contribution in [0.4, 0.5) is 4.39 Å². The Bertz CT molecular complexity index is 477. The molecule has 6 nitrogen and oxygen atoms in total. The molecule has 1 rings (SSSR count). The highest BCUT2D eigenvalue weighted by atomic mass is 19.1. The number of carbonyl (C=O) groups excluding carboxylic acids is 1. The van der Waals surface area contributed by atoms with Gasteiger partial charge in [0.25, 0.3) is 5.91 Å². The highest BCUT2D eigenvalue weighted by molar-refractivity contribution is 5.97. The molecule has 1 aromatic rings. The number of carbonyl (C=O) groups is 1. The van der Waals surface area contributed by atoms with E-state index in [1.165, 1.54) is 0 Å². The maximum absolute atomic E-state index is 12.9. The summed E-state index contributed by atoms with van der Waals surface area (Å²) in [6.07, 6.45) is 0. The third-order valence-electron chi connectivity index (χ3n) is 2.39. The number of rotatable bonds is 4. The predicted octanol–water partition coefficient (Wildman–Crippen LogP) is 0.644. The average molecular weight is 255 g/mol. The molecule has 0 bridgehead atoms. The van der Waals surface area contributed by atoms with Crippen molar-refractivity contribution in [2.75, 3.05) is 6.54 Å². The smallest absolute Gasteiger partial charge is 0.255 e. The number of amides is 1. The van der Waals surface area contributed by atoms with Gasteiger partial charge in [-0.2, -0.15) is 0 Å². The minimum Gasteiger partial charge on any atom is -0.507 e. The quantitative estimate of drug-likeness (QED) is 0.274. The van der Waals surface area contributed by atoms with Gasteiger partial charge in [-0.25, -0.2) is 4.39 Å². The number of phenolic OH excluding ortho intramolecular Hbond substituents is 1. The van der Waals surface area contributed by atoms with Crippen LogP contribution in [0, 0.1) is 11.7 Å². The number of nitrogens with two attached hydrogens (primary N) is 1. The van der Waals surface area contributed by atoms with Crippen molar-refractivity contribution in [2.45, 2.75) is 6.92 Å². The standard InChI is InChI=1S/C11H14FN3O3/c1-6(10(13)15-18)5-14-11(17)8-4-7(12)2-3-9(8)16/h2-4,6,16,18H,5H2,1H3,(H2,13,15)(H,14,17). The lowest BCUT2D eigenvalue weighted by Crippen LogP contribution is -2.34. The van der Waals surface area contributed by atoms with E-state index in [0.29, 0.717) is 0 Å². The van der Waals surface area contributed by atoms with Crippen LogP contribution in [0.15, 0.2) is 23.4 Å². The predicted molar refractivity (Wildman–Crippen MR) is 63.0 cm³/mol. The number of hydrogen-bond donors (Lipinski definition) is 4. The molecule has 7 heteroatoms. The Labute approximate surface area is 103 Å². The lowest BCUT2D eigenvalue weighted by atomic mass is 10.1. The summed E-state index contributed by atoms with van der Waals surface area (Å²) in [5.74, 6) is -1.98. The first-order valence-electron chi connectivity index (χ1n) is 5.19. The van der Waals surface area contributed by atoms with Crippen molar-refractivity contribution < 1.29 is 19.5 Å². The zero-order chi connectivity index (χ0) is 13.7. The molecule has 18 heavy (non-hydrogen) atoms. The number of aromatic hydroxyl groups is 1. The van der Waals surface area contributed by atoms with Crippen molar-refractivity contribution in [3.63, 3.8) is 0 Å². The van der Waals surface area contributed by atoms with Crippen molar-refractivity contribution in [1.82, 2.24) is 5.32 Å². The van der Waals surface area contributed by atoms with Crippen molar-refractivity contribution >= 4 is 11.7 Å². The lowest BCUT2D eigenvalue weighted by molar-refractivity contribution is 0.0948. The van der Waals surface area contributed by atoms with Crippen LogP contribution < -0.4 is 11.1 Å². The Morgan fingerprint density at radius 3 is 2.89 bits per heavy atom. The number of phenols is 1. The minimum atomic E-state index is -0.635. The third kappa shape index (κ3) is 3.34. The second-order valence-electron chi connectivity index (χ2n) is 3.80. The average Bonchev–Trinajstić information content (AvgIpc) is 2.37. The molecule has 0 saturated heterocycles. The second kappa shape index (κ2) is 5.85. The van der Waals surface area contributed by atoms with Crippen LogP contribution in [-0.4, -0.2) is 28.6 Å². The summed E-state index contributed by atoms with van der Waals surface area (Å²) in [6.45, 7) is 1.74. The van der Waals surface area contributed by atoms with Crippen LogP contribution in [-0.2, 0) is 0 Å². The maximum Gasteiger partial charge on any atom is 0.255 e. The number of hydrogen-bond acceptors (Lipinski definition) is 4. The zero-order valence-corrected chi connectivity index (χ0v) is 9.72. The Morgan fingerprint density at radius 2 is 2.28 bits per heavy atom. The molecule has 5 N–H and O–H groups in total. The van der Waals surface area contributed by atoms with E-state index in [4.69, 9.17) is 10.9 Å². The normalized spacial score (nSPS) is 13.1. The van der Waals surface area contributed by atoms with E-state index in [0.717, 1.165) is 18.2 Å². The largest absolute Gasteiger partial charge is 0.507 e. The summed E-state index contributed by atoms with van der Waals surface area (Å²) >= 11 is 0. The molecule has 0 fully saturated rings. The highest BCUT2D eigenvalue weighted by Gasteiger charge is 2.14. The van der Waals surface area contributed by atoms with E-state index in [-0.39, 0.29) is 29.6 Å². The summed E-state index contributed by atoms with van der Waals surface area (Å²) in [5.41, 5.74) is 5.17. The van der Waals surface area contributed by atoms with Gasteiger partial charge in [-0.05, 0) is 18.2 Å². The third-order valence-corrected chi connectivity index (χ3v) is 2.39. The highest BCUT2D eigenvalue weighted by Crippen LogP contribution is 2.17. The van der Waals surface area contributed by atoms with Gasteiger partial charge < -0.3 is 21.4 Å². The number of benzene rings is 1. The molecule has 0 aliphatic carbocycles. The summed E-state index contributed by atoms with van der Waals surface area (Å²) in [5, 5.41) is 23.1. The number of oxime groups is 1. The molecule has 0 heterocycles. The fourth-order valence-electron chi connectivity index (χ4n) is 1.23. The number of halogens is 1. The van der Waals surface area contributed by atoms with E-state index in [9.17, 15) is 14.3 Å². The molecule has 0 aromatic heterocycles. The maximum atomic E-state index is 12.9. The molecular weight excluding hydrogens is 241 g/mol. The fraction of sp³-hybridized carbons (Fsp3) is 0.273. The summed E-state index contributed by atoms with van der Waals surface area (Å²) in [4.78, 5) is 11.7. The summed E-state index contributed by atoms with van der Waals surface area (Å²) in [7, 11) is 0. The van der Waals surface area contributed by atoms with Crippen LogP contribution >= 0.6 is 0 Å². The molecule has 1 amide bonds. The molecule has 0 radical (unpaired) electrons. The molecule has 0 saturated carbocycles. The van der Waals surface area contributed by atoms with Crippen molar-refractivity contribution in [2.24, 2.45) is 16.8 Å². The van der Waals surface area contributed by atoms with Crippen LogP contribution in [0.3, 0.4) is 0 Å². The number of nitrogens with one attached hydrogen (secondary N) is 1. The monoisotopic (exact) mass is 255 g/mol.